The number of carbonyl (C=O) groups excluding carboxylic acids is 2. The van der Waals surface area contributed by atoms with E-state index in [2.05, 4.69) is 0 Å². The molecular weight excluding hydrogens is 270 g/mol. The molecule has 118 valence electrons. The number of likely N-dealkylation sites (tertiary alicyclic amines) is 1. The van der Waals surface area contributed by atoms with Crippen molar-refractivity contribution in [3.63, 3.8) is 0 Å². The summed E-state index contributed by atoms with van der Waals surface area (Å²) < 4.78 is 0. The summed E-state index contributed by atoms with van der Waals surface area (Å²) in [5.41, 5.74) is -0.136. The van der Waals surface area contributed by atoms with Gasteiger partial charge in [-0.2, -0.15) is 0 Å². The molecule has 0 aromatic rings. The predicted octanol–water partition coefficient (Wildman–Crippen LogP) is 2.73. The first-order valence-corrected chi connectivity index (χ1v) is 8.04. The Morgan fingerprint density at radius 1 is 1.19 bits per heavy atom. The first-order chi connectivity index (χ1) is 9.97. The fourth-order valence-corrected chi connectivity index (χ4v) is 3.93. The highest BCUT2D eigenvalue weighted by atomic mass is 16.4. The topological polar surface area (TPSA) is 74.7 Å². The van der Waals surface area contributed by atoms with E-state index in [9.17, 15) is 14.4 Å². The molecule has 1 saturated carbocycles. The van der Waals surface area contributed by atoms with Gasteiger partial charge in [0.05, 0.1) is 12.5 Å². The van der Waals surface area contributed by atoms with Crippen LogP contribution in [0, 0.1) is 5.41 Å². The van der Waals surface area contributed by atoms with E-state index in [1.54, 1.807) is 0 Å². The number of carboxylic acids is 1. The number of piperidine rings is 1. The molecule has 0 radical (unpaired) electrons. The SMILES string of the molecule is CCCC(CC(=O)O)N1C(=O)CC2(CCCCC2)CC1=O. The van der Waals surface area contributed by atoms with E-state index in [0.29, 0.717) is 19.3 Å². The summed E-state index contributed by atoms with van der Waals surface area (Å²) >= 11 is 0. The van der Waals surface area contributed by atoms with E-state index in [1.807, 2.05) is 6.92 Å². The summed E-state index contributed by atoms with van der Waals surface area (Å²) in [6.45, 7) is 1.94. The number of imide groups is 1. The van der Waals surface area contributed by atoms with Gasteiger partial charge in [0.2, 0.25) is 11.8 Å². The molecule has 0 bridgehead atoms. The maximum absolute atomic E-state index is 12.5. The number of aliphatic carboxylic acids is 1. The molecule has 1 aliphatic heterocycles. The minimum Gasteiger partial charge on any atom is -0.481 e. The van der Waals surface area contributed by atoms with Gasteiger partial charge in [0, 0.05) is 12.8 Å². The van der Waals surface area contributed by atoms with Crippen LogP contribution >= 0.6 is 0 Å². The minimum absolute atomic E-state index is 0.136. The van der Waals surface area contributed by atoms with Crippen molar-refractivity contribution in [2.24, 2.45) is 5.41 Å². The van der Waals surface area contributed by atoms with Gasteiger partial charge in [-0.3, -0.25) is 19.3 Å². The number of hydrogen-bond donors (Lipinski definition) is 1. The van der Waals surface area contributed by atoms with Crippen LogP contribution in [0.4, 0.5) is 0 Å². The third-order valence-electron chi connectivity index (χ3n) is 4.90. The highest BCUT2D eigenvalue weighted by Gasteiger charge is 2.46. The second-order valence-electron chi connectivity index (χ2n) is 6.61. The molecule has 1 atom stereocenters. The maximum Gasteiger partial charge on any atom is 0.305 e. The Hall–Kier alpha value is -1.39. The van der Waals surface area contributed by atoms with Crippen LogP contribution in [0.5, 0.6) is 0 Å². The van der Waals surface area contributed by atoms with Crippen LogP contribution in [0.2, 0.25) is 0 Å². The first kappa shape index (κ1) is 16.0. The maximum atomic E-state index is 12.5. The Labute approximate surface area is 125 Å². The summed E-state index contributed by atoms with van der Waals surface area (Å²) in [5.74, 6) is -1.27. The van der Waals surface area contributed by atoms with Crippen LogP contribution in [0.1, 0.15) is 71.1 Å². The predicted molar refractivity (Wildman–Crippen MR) is 77.6 cm³/mol. The van der Waals surface area contributed by atoms with Crippen molar-refractivity contribution in [3.8, 4) is 0 Å². The number of nitrogens with zero attached hydrogens (tertiary/aromatic N) is 1. The van der Waals surface area contributed by atoms with E-state index in [-0.39, 0.29) is 23.7 Å². The second-order valence-corrected chi connectivity index (χ2v) is 6.61. The van der Waals surface area contributed by atoms with Gasteiger partial charge in [-0.15, -0.1) is 0 Å². The van der Waals surface area contributed by atoms with Crippen LogP contribution in [0.3, 0.4) is 0 Å². The number of rotatable bonds is 5. The number of hydrogen-bond acceptors (Lipinski definition) is 3. The molecule has 2 amide bonds. The first-order valence-electron chi connectivity index (χ1n) is 8.04. The van der Waals surface area contributed by atoms with E-state index in [4.69, 9.17) is 5.11 Å². The average Bonchev–Trinajstić information content (AvgIpc) is 2.38. The molecule has 1 heterocycles. The van der Waals surface area contributed by atoms with E-state index in [0.717, 1.165) is 32.1 Å². The summed E-state index contributed by atoms with van der Waals surface area (Å²) in [6, 6.07) is -0.478. The molecular formula is C16H25NO4. The molecule has 2 fully saturated rings. The van der Waals surface area contributed by atoms with Gasteiger partial charge in [-0.25, -0.2) is 0 Å². The van der Waals surface area contributed by atoms with Crippen LogP contribution in [-0.4, -0.2) is 33.8 Å². The lowest BCUT2D eigenvalue weighted by Crippen LogP contribution is -2.53. The van der Waals surface area contributed by atoms with Crippen molar-refractivity contribution in [1.29, 1.82) is 0 Å². The molecule has 1 N–H and O–H groups in total. The Balaban J connectivity index is 2.12. The van der Waals surface area contributed by atoms with Crippen molar-refractivity contribution in [1.82, 2.24) is 4.90 Å². The zero-order chi connectivity index (χ0) is 15.5. The molecule has 21 heavy (non-hydrogen) atoms. The lowest BCUT2D eigenvalue weighted by atomic mass is 9.67. The van der Waals surface area contributed by atoms with E-state index < -0.39 is 12.0 Å². The molecule has 1 aliphatic carbocycles. The zero-order valence-electron chi connectivity index (χ0n) is 12.8. The quantitative estimate of drug-likeness (QED) is 0.791. The fourth-order valence-electron chi connectivity index (χ4n) is 3.93. The standard InChI is InChI=1S/C16H25NO4/c1-2-6-12(9-15(20)21)17-13(18)10-16(11-14(17)19)7-4-3-5-8-16/h12H,2-11H2,1H3,(H,20,21). The van der Waals surface area contributed by atoms with Gasteiger partial charge >= 0.3 is 5.97 Å². The smallest absolute Gasteiger partial charge is 0.305 e. The van der Waals surface area contributed by atoms with Gasteiger partial charge in [0.25, 0.3) is 0 Å². The lowest BCUT2D eigenvalue weighted by Gasteiger charge is -2.44. The molecule has 1 saturated heterocycles. The largest absolute Gasteiger partial charge is 0.481 e. The summed E-state index contributed by atoms with van der Waals surface area (Å²) in [5, 5.41) is 9.01. The average molecular weight is 295 g/mol. The van der Waals surface area contributed by atoms with Crippen LogP contribution < -0.4 is 0 Å². The number of carboxylic acid groups (broad SMARTS) is 1. The van der Waals surface area contributed by atoms with Gasteiger partial charge in [-0.05, 0) is 24.7 Å². The minimum atomic E-state index is -0.952. The van der Waals surface area contributed by atoms with Gasteiger partial charge in [0.1, 0.15) is 0 Å². The number of amides is 2. The Morgan fingerprint density at radius 2 is 1.76 bits per heavy atom. The second kappa shape index (κ2) is 6.58. The third-order valence-corrected chi connectivity index (χ3v) is 4.90. The van der Waals surface area contributed by atoms with Crippen molar-refractivity contribution in [3.05, 3.63) is 0 Å². The Kier molecular flexibility index (Phi) is 5.01. The van der Waals surface area contributed by atoms with Crippen molar-refractivity contribution in [2.45, 2.75) is 77.2 Å². The molecule has 2 rings (SSSR count). The van der Waals surface area contributed by atoms with Crippen LogP contribution in [-0.2, 0) is 14.4 Å². The molecule has 0 aromatic carbocycles. The number of carbonyl (C=O) groups is 3. The molecule has 0 aromatic heterocycles. The van der Waals surface area contributed by atoms with Gasteiger partial charge in [0.15, 0.2) is 0 Å². The normalized spacial score (nSPS) is 23.4. The summed E-state index contributed by atoms with van der Waals surface area (Å²) in [7, 11) is 0. The summed E-state index contributed by atoms with van der Waals surface area (Å²) in [4.78, 5) is 37.2. The molecule has 2 aliphatic rings. The van der Waals surface area contributed by atoms with Crippen molar-refractivity contribution in [2.75, 3.05) is 0 Å². The van der Waals surface area contributed by atoms with Crippen LogP contribution in [0.25, 0.3) is 0 Å². The Bertz CT molecular complexity index is 406. The summed E-state index contributed by atoms with van der Waals surface area (Å²) in [6.07, 6.45) is 7.30. The molecule has 1 spiro atoms. The van der Waals surface area contributed by atoms with Crippen LogP contribution in [0.15, 0.2) is 0 Å². The lowest BCUT2D eigenvalue weighted by molar-refractivity contribution is -0.159. The molecule has 5 heteroatoms. The van der Waals surface area contributed by atoms with E-state index >= 15 is 0 Å². The van der Waals surface area contributed by atoms with Gasteiger partial charge in [-0.1, -0.05) is 32.6 Å². The van der Waals surface area contributed by atoms with Crippen molar-refractivity contribution < 1.29 is 19.5 Å². The fraction of sp³-hybridized carbons (Fsp3) is 0.812. The molecule has 5 nitrogen and oxygen atoms in total. The monoisotopic (exact) mass is 295 g/mol. The highest BCUT2D eigenvalue weighted by molar-refractivity contribution is 5.99. The Morgan fingerprint density at radius 3 is 2.24 bits per heavy atom. The van der Waals surface area contributed by atoms with E-state index in [1.165, 1.54) is 11.3 Å². The zero-order valence-corrected chi connectivity index (χ0v) is 12.8. The van der Waals surface area contributed by atoms with Gasteiger partial charge < -0.3 is 5.11 Å². The highest BCUT2D eigenvalue weighted by Crippen LogP contribution is 2.45. The van der Waals surface area contributed by atoms with Crippen molar-refractivity contribution >= 4 is 17.8 Å². The third kappa shape index (κ3) is 3.63. The molecule has 1 unspecified atom stereocenters.